The fraction of sp³-hybridized carbons (Fsp3) is 0.536. The molecule has 3 rings (SSSR count). The molecule has 15 heteroatoms. The summed E-state index contributed by atoms with van der Waals surface area (Å²) < 4.78 is 63.2. The Morgan fingerprint density at radius 2 is 1.58 bits per heavy atom. The van der Waals surface area contributed by atoms with Gasteiger partial charge in [0, 0.05) is 12.7 Å². The Morgan fingerprint density at radius 3 is 2.19 bits per heavy atom. The summed E-state index contributed by atoms with van der Waals surface area (Å²) in [5, 5.41) is 2.76. The molecule has 2 aromatic rings. The highest BCUT2D eigenvalue weighted by Crippen LogP contribution is 2.35. The lowest BCUT2D eigenvalue weighted by molar-refractivity contribution is -0.727. The Balaban J connectivity index is 1.42. The molecule has 0 spiro atoms. The van der Waals surface area contributed by atoms with E-state index in [9.17, 15) is 18.4 Å². The average molecular weight is 652 g/mol. The van der Waals surface area contributed by atoms with Gasteiger partial charge in [-0.15, -0.1) is 0 Å². The van der Waals surface area contributed by atoms with Crippen LogP contribution in [-0.4, -0.2) is 78.5 Å². The van der Waals surface area contributed by atoms with Crippen LogP contribution in [0.2, 0.25) is 10.0 Å². The molecular weight excluding hydrogens is 617 g/mol. The van der Waals surface area contributed by atoms with E-state index in [0.29, 0.717) is 52.2 Å². The molecule has 0 saturated heterocycles. The minimum Gasteiger partial charge on any atom is -0.489 e. The lowest BCUT2D eigenvalue weighted by Gasteiger charge is -2.14. The number of hydrogen-bond acceptors (Lipinski definition) is 9. The minimum absolute atomic E-state index is 0.0306. The molecule has 1 heterocycles. The normalized spacial score (nSPS) is 12.8. The second-order valence-corrected chi connectivity index (χ2v) is 10.1. The summed E-state index contributed by atoms with van der Waals surface area (Å²) in [5.74, 6) is -0.888. The monoisotopic (exact) mass is 651 g/mol. The number of rotatable bonds is 21. The third-order valence-electron chi connectivity index (χ3n) is 5.87. The number of carbonyl (C=O) groups is 2. The molecule has 0 radical (unpaired) electrons. The van der Waals surface area contributed by atoms with Gasteiger partial charge in [-0.2, -0.15) is 13.3 Å². The van der Waals surface area contributed by atoms with Crippen LogP contribution in [-0.2, 0) is 35.2 Å². The Labute approximate surface area is 258 Å². The summed E-state index contributed by atoms with van der Waals surface area (Å²) >= 11 is 12.7. The van der Waals surface area contributed by atoms with Gasteiger partial charge in [-0.1, -0.05) is 23.2 Å². The molecular formula is C28H35Cl2F2N2O9+. The van der Waals surface area contributed by atoms with Crippen LogP contribution < -0.4 is 19.4 Å². The van der Waals surface area contributed by atoms with Crippen LogP contribution in [0, 0.1) is 5.92 Å². The number of hydrogen-bond donors (Lipinski definition) is 1. The SMILES string of the molecule is COCCOCCOCCOCCC(=O)OC[n+]1cc(Cl)c(NC(=O)c2ccc(OC(F)F)c(OCC3CC3)c2)c(Cl)c1. The number of anilines is 1. The van der Waals surface area contributed by atoms with Crippen molar-refractivity contribution in [3.8, 4) is 11.5 Å². The minimum atomic E-state index is -3.04. The summed E-state index contributed by atoms with van der Waals surface area (Å²) in [6.45, 7) is -0.111. The van der Waals surface area contributed by atoms with E-state index in [-0.39, 0.29) is 52.6 Å². The number of carbonyl (C=O) groups excluding carboxylic acids is 2. The molecule has 1 amide bonds. The number of ether oxygens (including phenoxy) is 7. The summed E-state index contributed by atoms with van der Waals surface area (Å²) in [6, 6.07) is 3.87. The highest BCUT2D eigenvalue weighted by molar-refractivity contribution is 6.39. The number of methoxy groups -OCH3 is 1. The molecule has 1 saturated carbocycles. The molecule has 1 N–H and O–H groups in total. The number of pyridine rings is 1. The second kappa shape index (κ2) is 18.8. The molecule has 238 valence electrons. The zero-order chi connectivity index (χ0) is 31.0. The molecule has 1 aromatic heterocycles. The van der Waals surface area contributed by atoms with E-state index in [0.717, 1.165) is 12.8 Å². The summed E-state index contributed by atoms with van der Waals surface area (Å²) in [4.78, 5) is 25.0. The van der Waals surface area contributed by atoms with Crippen molar-refractivity contribution >= 4 is 40.8 Å². The maximum Gasteiger partial charge on any atom is 0.387 e. The van der Waals surface area contributed by atoms with Crippen LogP contribution in [0.5, 0.6) is 11.5 Å². The molecule has 1 aromatic carbocycles. The number of amides is 1. The van der Waals surface area contributed by atoms with Crippen molar-refractivity contribution in [2.24, 2.45) is 5.92 Å². The smallest absolute Gasteiger partial charge is 0.387 e. The van der Waals surface area contributed by atoms with Crippen LogP contribution in [0.1, 0.15) is 29.6 Å². The first-order chi connectivity index (χ1) is 20.8. The number of halogens is 4. The van der Waals surface area contributed by atoms with Crippen LogP contribution in [0.15, 0.2) is 30.6 Å². The van der Waals surface area contributed by atoms with E-state index in [1.54, 1.807) is 7.11 Å². The molecule has 43 heavy (non-hydrogen) atoms. The molecule has 0 aliphatic heterocycles. The van der Waals surface area contributed by atoms with E-state index < -0.39 is 18.5 Å². The van der Waals surface area contributed by atoms with Crippen LogP contribution in [0.4, 0.5) is 14.5 Å². The van der Waals surface area contributed by atoms with Gasteiger partial charge in [0.1, 0.15) is 10.0 Å². The topological polar surface area (TPSA) is 115 Å². The Hall–Kier alpha value is -2.81. The number of nitrogens with zero attached hydrogens (tertiary/aromatic N) is 1. The Morgan fingerprint density at radius 1 is 0.953 bits per heavy atom. The van der Waals surface area contributed by atoms with Gasteiger partial charge in [-0.05, 0) is 37.0 Å². The maximum absolute atomic E-state index is 12.9. The van der Waals surface area contributed by atoms with Crippen molar-refractivity contribution in [1.82, 2.24) is 0 Å². The van der Waals surface area contributed by atoms with Crippen molar-refractivity contribution in [3.05, 3.63) is 46.2 Å². The third-order valence-corrected chi connectivity index (χ3v) is 6.44. The lowest BCUT2D eigenvalue weighted by atomic mass is 10.2. The predicted molar refractivity (Wildman–Crippen MR) is 151 cm³/mol. The van der Waals surface area contributed by atoms with E-state index in [1.807, 2.05) is 0 Å². The Kier molecular flexibility index (Phi) is 15.1. The van der Waals surface area contributed by atoms with Gasteiger partial charge in [0.25, 0.3) is 12.6 Å². The quantitative estimate of drug-likeness (QED) is 0.118. The first kappa shape index (κ1) is 34.7. The van der Waals surface area contributed by atoms with Gasteiger partial charge in [-0.25, -0.2) is 0 Å². The first-order valence-electron chi connectivity index (χ1n) is 13.6. The van der Waals surface area contributed by atoms with Crippen molar-refractivity contribution in [2.75, 3.05) is 65.3 Å². The van der Waals surface area contributed by atoms with Gasteiger partial charge in [-0.3, -0.25) is 9.59 Å². The Bertz CT molecular complexity index is 1170. The number of esters is 1. The highest BCUT2D eigenvalue weighted by atomic mass is 35.5. The standard InChI is InChI=1S/C28H34Cl2F2N2O9/c1-37-8-9-39-12-13-40-11-10-38-7-6-25(35)42-18-34-15-21(29)26(22(30)16-34)33-27(36)20-4-5-23(43-28(31)32)24(14-20)41-17-19-2-3-19/h4-5,14-16,19,28H,2-3,6-13,17-18H2,1H3/p+1. The number of nitrogens with one attached hydrogen (secondary N) is 1. The zero-order valence-electron chi connectivity index (χ0n) is 23.7. The number of alkyl halides is 2. The van der Waals surface area contributed by atoms with Gasteiger partial charge in [0.15, 0.2) is 23.9 Å². The van der Waals surface area contributed by atoms with E-state index in [4.69, 9.17) is 51.6 Å². The fourth-order valence-corrected chi connectivity index (χ4v) is 4.05. The van der Waals surface area contributed by atoms with Gasteiger partial charge in [0.2, 0.25) is 0 Å². The lowest BCUT2D eigenvalue weighted by Crippen LogP contribution is -2.36. The van der Waals surface area contributed by atoms with Crippen molar-refractivity contribution < 1.29 is 56.1 Å². The van der Waals surface area contributed by atoms with E-state index in [1.165, 1.54) is 35.2 Å². The van der Waals surface area contributed by atoms with Crippen molar-refractivity contribution in [2.45, 2.75) is 32.6 Å². The van der Waals surface area contributed by atoms with E-state index in [2.05, 4.69) is 10.1 Å². The fourth-order valence-electron chi connectivity index (χ4n) is 3.46. The van der Waals surface area contributed by atoms with Crippen LogP contribution >= 0.6 is 23.2 Å². The second-order valence-electron chi connectivity index (χ2n) is 9.32. The molecule has 0 bridgehead atoms. The summed E-state index contributed by atoms with van der Waals surface area (Å²) in [6.07, 6.45) is 4.87. The highest BCUT2D eigenvalue weighted by Gasteiger charge is 2.24. The zero-order valence-corrected chi connectivity index (χ0v) is 25.2. The van der Waals surface area contributed by atoms with Gasteiger partial charge >= 0.3 is 12.6 Å². The van der Waals surface area contributed by atoms with Crippen molar-refractivity contribution in [3.63, 3.8) is 0 Å². The largest absolute Gasteiger partial charge is 0.489 e. The predicted octanol–water partition coefficient (Wildman–Crippen LogP) is 4.51. The average Bonchev–Trinajstić information content (AvgIpc) is 3.80. The maximum atomic E-state index is 12.9. The first-order valence-corrected chi connectivity index (χ1v) is 14.3. The molecule has 11 nitrogen and oxygen atoms in total. The molecule has 1 aliphatic rings. The number of benzene rings is 1. The van der Waals surface area contributed by atoms with Gasteiger partial charge < -0.3 is 38.5 Å². The van der Waals surface area contributed by atoms with Crippen LogP contribution in [0.3, 0.4) is 0 Å². The third kappa shape index (κ3) is 13.2. The van der Waals surface area contributed by atoms with Gasteiger partial charge in [0.05, 0.1) is 65.0 Å². The van der Waals surface area contributed by atoms with Crippen LogP contribution in [0.25, 0.3) is 0 Å². The molecule has 0 atom stereocenters. The van der Waals surface area contributed by atoms with E-state index >= 15 is 0 Å². The van der Waals surface area contributed by atoms with Crippen molar-refractivity contribution in [1.29, 1.82) is 0 Å². The molecule has 1 aliphatic carbocycles. The summed E-state index contributed by atoms with van der Waals surface area (Å²) in [5.41, 5.74) is 0.229. The number of aromatic nitrogens is 1. The molecule has 1 fully saturated rings. The molecule has 0 unspecified atom stereocenters. The summed E-state index contributed by atoms with van der Waals surface area (Å²) in [7, 11) is 1.60.